The van der Waals surface area contributed by atoms with Crippen LogP contribution in [0.2, 0.25) is 0 Å². The first-order valence-electron chi connectivity index (χ1n) is 38.6. The Bertz CT molecular complexity index is 7710. The summed E-state index contributed by atoms with van der Waals surface area (Å²) in [6.07, 6.45) is 0. The number of hydrogen-bond acceptors (Lipinski definition) is 3. The van der Waals surface area contributed by atoms with Crippen molar-refractivity contribution in [3.63, 3.8) is 0 Å². The molecule has 3 heteroatoms. The van der Waals surface area contributed by atoms with Gasteiger partial charge in [0.1, 0.15) is 22.3 Å². The summed E-state index contributed by atoms with van der Waals surface area (Å²) in [6.45, 7) is 6.55. The van der Waals surface area contributed by atoms with Crippen molar-refractivity contribution < 1.29 is 8.83 Å². The molecule has 0 fully saturated rings. The monoisotopic (exact) mass is 1440 g/mol. The van der Waals surface area contributed by atoms with Gasteiger partial charge >= 0.3 is 0 Å². The van der Waals surface area contributed by atoms with E-state index in [0.717, 1.165) is 55.0 Å². The van der Waals surface area contributed by atoms with E-state index in [0.29, 0.717) is 0 Å². The minimum absolute atomic E-state index is 0.924. The van der Waals surface area contributed by atoms with Crippen LogP contribution in [0.25, 0.3) is 217 Å². The zero-order chi connectivity index (χ0) is 74.5. The largest absolute Gasteiger partial charge is 0.455 e. The molecule has 0 saturated carbocycles. The lowest BCUT2D eigenvalue weighted by molar-refractivity contribution is 0.669. The smallest absolute Gasteiger partial charge is 0.143 e. The topological polar surface area (TPSA) is 26.3 Å². The quantitative estimate of drug-likeness (QED) is 0.149. The fourth-order valence-corrected chi connectivity index (χ4v) is 19.1. The highest BCUT2D eigenvalue weighted by Crippen LogP contribution is 2.52. The SMILES string of the molecule is Cc1ccc2c(-c3ccc(-c4ccccc4)cc3)c3ccccc3c(-c3cccc4c3sc3ccccc34)c2c1.Cc1ccc2c(-c3ccc4ccccc4c3)c3ccccc3c(-c3cccc4c3oc3ccccc34)c2c1.Cc1ccc2c(-c3ccccc3)c3ccccc3c(-c3cccc4c3oc3ccccc34)c2c1. The number of para-hydroxylation sites is 4. The van der Waals surface area contributed by atoms with Gasteiger partial charge in [-0.1, -0.05) is 375 Å². The predicted octanol–water partition coefficient (Wildman–Crippen LogP) is 31.9. The molecule has 0 aliphatic carbocycles. The Balaban J connectivity index is 0.000000106. The lowest BCUT2D eigenvalue weighted by Gasteiger charge is -2.19. The van der Waals surface area contributed by atoms with Crippen LogP contribution in [0.4, 0.5) is 0 Å². The Labute approximate surface area is 652 Å². The normalized spacial score (nSPS) is 11.7. The maximum absolute atomic E-state index is 6.53. The number of thiophene rings is 1. The molecule has 0 aliphatic rings. The highest BCUT2D eigenvalue weighted by molar-refractivity contribution is 7.26. The zero-order valence-electron chi connectivity index (χ0n) is 62.1. The fraction of sp³-hybridized carbons (Fsp3) is 0.0275. The molecule has 526 valence electrons. The number of benzene rings is 20. The Morgan fingerprint density at radius 1 is 0.188 bits per heavy atom. The average molecular weight is 1450 g/mol. The second-order valence-electron chi connectivity index (χ2n) is 29.7. The van der Waals surface area contributed by atoms with Gasteiger partial charge in [0.2, 0.25) is 0 Å². The van der Waals surface area contributed by atoms with Crippen LogP contribution in [0.3, 0.4) is 0 Å². The van der Waals surface area contributed by atoms with Crippen LogP contribution < -0.4 is 0 Å². The van der Waals surface area contributed by atoms with Crippen molar-refractivity contribution in [1.29, 1.82) is 0 Å². The summed E-state index contributed by atoms with van der Waals surface area (Å²) in [5.74, 6) is 0. The van der Waals surface area contributed by atoms with Crippen molar-refractivity contribution in [2.45, 2.75) is 20.8 Å². The molecule has 3 aromatic heterocycles. The molecule has 0 atom stereocenters. The lowest BCUT2D eigenvalue weighted by Crippen LogP contribution is -1.92. The third-order valence-corrected chi connectivity index (χ3v) is 24.2. The minimum atomic E-state index is 0.924. The summed E-state index contributed by atoms with van der Waals surface area (Å²) in [5.41, 5.74) is 25.0. The molecule has 0 spiro atoms. The molecule has 0 amide bonds. The van der Waals surface area contributed by atoms with Crippen molar-refractivity contribution >= 4 is 151 Å². The van der Waals surface area contributed by atoms with Crippen molar-refractivity contribution in [2.24, 2.45) is 0 Å². The van der Waals surface area contributed by atoms with Gasteiger partial charge in [0, 0.05) is 69.5 Å². The van der Waals surface area contributed by atoms with Gasteiger partial charge in [-0.3, -0.25) is 0 Å². The summed E-state index contributed by atoms with van der Waals surface area (Å²) >= 11 is 1.90. The second kappa shape index (κ2) is 27.3. The van der Waals surface area contributed by atoms with Gasteiger partial charge in [-0.15, -0.1) is 11.3 Å². The van der Waals surface area contributed by atoms with Gasteiger partial charge in [-0.25, -0.2) is 0 Å². The summed E-state index contributed by atoms with van der Waals surface area (Å²) < 4.78 is 15.7. The Morgan fingerprint density at radius 3 is 1.02 bits per heavy atom. The summed E-state index contributed by atoms with van der Waals surface area (Å²) in [5, 5.41) is 25.0. The minimum Gasteiger partial charge on any atom is -0.455 e. The molecule has 0 unspecified atom stereocenters. The molecule has 112 heavy (non-hydrogen) atoms. The van der Waals surface area contributed by atoms with Gasteiger partial charge in [0.15, 0.2) is 0 Å². The van der Waals surface area contributed by atoms with Gasteiger partial charge in [0.25, 0.3) is 0 Å². The molecule has 2 nitrogen and oxygen atoms in total. The average Bonchev–Trinajstić information content (AvgIpc) is 1.32. The van der Waals surface area contributed by atoms with Crippen molar-refractivity contribution in [2.75, 3.05) is 0 Å². The molecule has 20 aromatic carbocycles. The van der Waals surface area contributed by atoms with Crippen LogP contribution in [-0.4, -0.2) is 0 Å². The first-order chi connectivity index (χ1) is 55.3. The van der Waals surface area contributed by atoms with E-state index in [1.54, 1.807) is 0 Å². The summed E-state index contributed by atoms with van der Waals surface area (Å²) in [6, 6.07) is 138. The van der Waals surface area contributed by atoms with Gasteiger partial charge in [0.05, 0.1) is 0 Å². The van der Waals surface area contributed by atoms with Crippen LogP contribution in [0.1, 0.15) is 16.7 Å². The number of hydrogen-bond donors (Lipinski definition) is 0. The number of aryl methyl sites for hydroxylation is 3. The molecule has 0 radical (unpaired) electrons. The van der Waals surface area contributed by atoms with E-state index in [2.05, 4.69) is 391 Å². The zero-order valence-corrected chi connectivity index (χ0v) is 62.9. The first kappa shape index (κ1) is 66.3. The van der Waals surface area contributed by atoms with Gasteiger partial charge in [-0.2, -0.15) is 0 Å². The second-order valence-corrected chi connectivity index (χ2v) is 30.8. The van der Waals surface area contributed by atoms with Crippen molar-refractivity contribution in [1.82, 2.24) is 0 Å². The van der Waals surface area contributed by atoms with Crippen molar-refractivity contribution in [3.8, 4) is 77.9 Å². The fourth-order valence-electron chi connectivity index (χ4n) is 17.9. The molecule has 0 bridgehead atoms. The first-order valence-corrected chi connectivity index (χ1v) is 39.4. The van der Waals surface area contributed by atoms with E-state index in [9.17, 15) is 0 Å². The Kier molecular flexibility index (Phi) is 16.2. The van der Waals surface area contributed by atoms with E-state index in [1.165, 1.54) is 179 Å². The van der Waals surface area contributed by atoms with Crippen LogP contribution in [0.15, 0.2) is 391 Å². The highest BCUT2D eigenvalue weighted by Gasteiger charge is 2.25. The Morgan fingerprint density at radius 2 is 0.518 bits per heavy atom. The number of rotatable bonds is 7. The van der Waals surface area contributed by atoms with E-state index in [4.69, 9.17) is 8.83 Å². The number of fused-ring (bicyclic) bond motifs is 16. The third kappa shape index (κ3) is 11.1. The molecule has 3 heterocycles. The molecular formula is C109H72O2S. The van der Waals surface area contributed by atoms with Crippen LogP contribution >= 0.6 is 11.3 Å². The van der Waals surface area contributed by atoms with E-state index in [1.807, 2.05) is 23.5 Å². The molecule has 0 saturated heterocycles. The molecule has 23 aromatic rings. The molecule has 0 N–H and O–H groups in total. The molecular weight excluding hydrogens is 1370 g/mol. The highest BCUT2D eigenvalue weighted by atomic mass is 32.1. The van der Waals surface area contributed by atoms with E-state index >= 15 is 0 Å². The van der Waals surface area contributed by atoms with Crippen LogP contribution in [0.5, 0.6) is 0 Å². The molecule has 23 rings (SSSR count). The van der Waals surface area contributed by atoms with E-state index in [-0.39, 0.29) is 0 Å². The van der Waals surface area contributed by atoms with Crippen LogP contribution in [-0.2, 0) is 0 Å². The maximum atomic E-state index is 6.53. The van der Waals surface area contributed by atoms with Gasteiger partial charge < -0.3 is 8.83 Å². The van der Waals surface area contributed by atoms with E-state index < -0.39 is 0 Å². The maximum Gasteiger partial charge on any atom is 0.143 e. The summed E-state index contributed by atoms with van der Waals surface area (Å²) in [7, 11) is 0. The third-order valence-electron chi connectivity index (χ3n) is 22.9. The van der Waals surface area contributed by atoms with Gasteiger partial charge in [-0.05, 0) is 171 Å². The predicted molar refractivity (Wildman–Crippen MR) is 482 cm³/mol. The van der Waals surface area contributed by atoms with Crippen molar-refractivity contribution in [3.05, 3.63) is 399 Å². The number of furan rings is 2. The summed E-state index contributed by atoms with van der Waals surface area (Å²) in [4.78, 5) is 0. The standard InChI is InChI=1S/C39H26S.C37H24O.C33H22O/c1-25-18-23-32-35(24-25)38(34-16-9-15-33-29-12-7-8-17-36(29)40-39(33)34)31-14-6-5-13-30(31)37(32)28-21-19-27(20-22-28)26-10-3-2-4-11-26;1-23-17-20-30-33(21-23)36(32-15-8-14-31-27-11-6-7-16-34(27)38-37(31)32)29-13-5-4-12-28(29)35(30)26-19-18-24-9-2-3-10-25(24)22-26;1-21-18-19-26-29(20-21)32(25-14-6-5-13-24(25)31(26)22-10-3-2-4-11-22)28-16-9-15-27-23-12-7-8-17-30(23)34-33(27)28/h2-24H,1H3;2-22H,1H3;2-20H,1H3. The Hall–Kier alpha value is -14.0. The lowest BCUT2D eigenvalue weighted by atomic mass is 9.84. The van der Waals surface area contributed by atoms with Crippen LogP contribution in [0, 0.1) is 20.8 Å². The molecule has 0 aliphatic heterocycles.